The Kier molecular flexibility index (Phi) is 4.94. The molecule has 0 aliphatic carbocycles. The van der Waals surface area contributed by atoms with Crippen molar-refractivity contribution in [3.05, 3.63) is 58.0 Å². The number of imidazole rings is 1. The zero-order valence-corrected chi connectivity index (χ0v) is 15.8. The summed E-state index contributed by atoms with van der Waals surface area (Å²) in [5.41, 5.74) is 5.52. The number of benzene rings is 1. The number of nitrogens with zero attached hydrogens (tertiary/aromatic N) is 2. The van der Waals surface area contributed by atoms with Crippen LogP contribution in [0.4, 0.5) is 16.2 Å². The van der Waals surface area contributed by atoms with Gasteiger partial charge in [-0.2, -0.15) is 0 Å². The van der Waals surface area contributed by atoms with Gasteiger partial charge in [0.15, 0.2) is 5.65 Å². The van der Waals surface area contributed by atoms with Crippen LogP contribution in [0.3, 0.4) is 0 Å². The van der Waals surface area contributed by atoms with Crippen LogP contribution >= 0.6 is 15.9 Å². The van der Waals surface area contributed by atoms with Crippen molar-refractivity contribution in [1.29, 1.82) is 0 Å². The molecule has 2 aromatic heterocycles. The summed E-state index contributed by atoms with van der Waals surface area (Å²) in [6.45, 7) is 4.52. The Bertz CT molecular complexity index is 936. The van der Waals surface area contributed by atoms with Crippen LogP contribution in [0.5, 0.6) is 0 Å². The third kappa shape index (κ3) is 3.61. The summed E-state index contributed by atoms with van der Waals surface area (Å²) in [5.74, 6) is 0. The van der Waals surface area contributed by atoms with Crippen LogP contribution in [-0.4, -0.2) is 22.6 Å². The molecule has 7 heteroatoms. The van der Waals surface area contributed by atoms with Crippen molar-refractivity contribution >= 4 is 39.0 Å². The Morgan fingerprint density at radius 1 is 1.24 bits per heavy atom. The highest BCUT2D eigenvalue weighted by Crippen LogP contribution is 2.25. The number of hydrogen-bond donors (Lipinski definition) is 2. The van der Waals surface area contributed by atoms with E-state index in [0.29, 0.717) is 6.54 Å². The maximum Gasteiger partial charge on any atom is 0.411 e. The third-order valence-electron chi connectivity index (χ3n) is 3.97. The molecule has 0 spiro atoms. The van der Waals surface area contributed by atoms with Gasteiger partial charge in [-0.25, -0.2) is 9.78 Å². The molecule has 25 heavy (non-hydrogen) atoms. The van der Waals surface area contributed by atoms with E-state index in [1.54, 1.807) is 0 Å². The Morgan fingerprint density at radius 3 is 2.80 bits per heavy atom. The number of methoxy groups -OCH3 is 1. The van der Waals surface area contributed by atoms with E-state index in [-0.39, 0.29) is 0 Å². The van der Waals surface area contributed by atoms with E-state index in [2.05, 4.69) is 31.5 Å². The molecule has 0 saturated heterocycles. The van der Waals surface area contributed by atoms with Gasteiger partial charge in [-0.1, -0.05) is 12.1 Å². The summed E-state index contributed by atoms with van der Waals surface area (Å²) in [6, 6.07) is 9.73. The molecular formula is C18H19BrN4O2. The number of anilines is 2. The fraction of sp³-hybridized carbons (Fsp3) is 0.222. The van der Waals surface area contributed by atoms with Gasteiger partial charge in [0, 0.05) is 18.4 Å². The van der Waals surface area contributed by atoms with E-state index in [1.165, 1.54) is 7.11 Å². The largest absolute Gasteiger partial charge is 0.453 e. The lowest BCUT2D eigenvalue weighted by atomic mass is 10.1. The van der Waals surface area contributed by atoms with Crippen LogP contribution in [0.15, 0.2) is 41.1 Å². The van der Waals surface area contributed by atoms with Crippen LogP contribution < -0.4 is 10.6 Å². The monoisotopic (exact) mass is 402 g/mol. The van der Waals surface area contributed by atoms with Gasteiger partial charge in [0.1, 0.15) is 0 Å². The van der Waals surface area contributed by atoms with Crippen molar-refractivity contribution in [2.45, 2.75) is 20.4 Å². The first kappa shape index (κ1) is 17.3. The van der Waals surface area contributed by atoms with Crippen LogP contribution in [-0.2, 0) is 11.3 Å². The summed E-state index contributed by atoms with van der Waals surface area (Å²) in [4.78, 5) is 16.1. The summed E-state index contributed by atoms with van der Waals surface area (Å²) >= 11 is 3.53. The van der Waals surface area contributed by atoms with E-state index in [1.807, 2.05) is 54.8 Å². The minimum absolute atomic E-state index is 0.484. The minimum Gasteiger partial charge on any atom is -0.453 e. The van der Waals surface area contributed by atoms with Crippen LogP contribution in [0.25, 0.3) is 5.65 Å². The van der Waals surface area contributed by atoms with Gasteiger partial charge in [0.25, 0.3) is 0 Å². The Morgan fingerprint density at radius 2 is 2.04 bits per heavy atom. The summed E-state index contributed by atoms with van der Waals surface area (Å²) in [7, 11) is 1.35. The highest BCUT2D eigenvalue weighted by Gasteiger charge is 2.11. The van der Waals surface area contributed by atoms with Gasteiger partial charge >= 0.3 is 6.09 Å². The quantitative estimate of drug-likeness (QED) is 0.630. The number of amides is 1. The highest BCUT2D eigenvalue weighted by molar-refractivity contribution is 9.10. The molecule has 0 radical (unpaired) electrons. The number of aromatic nitrogens is 2. The average Bonchev–Trinajstić information content (AvgIpc) is 2.98. The molecule has 130 valence electrons. The molecule has 0 unspecified atom stereocenters. The molecule has 0 aliphatic rings. The minimum atomic E-state index is -0.484. The van der Waals surface area contributed by atoms with Gasteiger partial charge in [0.2, 0.25) is 0 Å². The molecule has 1 amide bonds. The molecular weight excluding hydrogens is 384 g/mol. The van der Waals surface area contributed by atoms with Gasteiger partial charge in [-0.3, -0.25) is 9.72 Å². The number of halogens is 1. The van der Waals surface area contributed by atoms with Gasteiger partial charge < -0.3 is 10.1 Å². The number of aryl methyl sites for hydroxylation is 2. The average molecular weight is 403 g/mol. The molecule has 2 N–H and O–H groups in total. The predicted octanol–water partition coefficient (Wildman–Crippen LogP) is 4.50. The topological polar surface area (TPSA) is 67.7 Å². The molecule has 0 fully saturated rings. The van der Waals surface area contributed by atoms with Crippen molar-refractivity contribution in [3.63, 3.8) is 0 Å². The van der Waals surface area contributed by atoms with Crippen molar-refractivity contribution in [2.24, 2.45) is 0 Å². The first-order valence-electron chi connectivity index (χ1n) is 7.81. The van der Waals surface area contributed by atoms with E-state index >= 15 is 0 Å². The molecule has 0 aliphatic heterocycles. The molecule has 1 aromatic carbocycles. The second kappa shape index (κ2) is 7.14. The van der Waals surface area contributed by atoms with E-state index in [9.17, 15) is 4.79 Å². The number of carbonyl (C=O) groups is 1. The lowest BCUT2D eigenvalue weighted by Crippen LogP contribution is -2.14. The van der Waals surface area contributed by atoms with Gasteiger partial charge in [0.05, 0.1) is 23.1 Å². The van der Waals surface area contributed by atoms with E-state index in [4.69, 9.17) is 4.74 Å². The zero-order chi connectivity index (χ0) is 18.0. The molecule has 0 atom stereocenters. The predicted molar refractivity (Wildman–Crippen MR) is 102 cm³/mol. The highest BCUT2D eigenvalue weighted by atomic mass is 79.9. The molecule has 0 bridgehead atoms. The summed E-state index contributed by atoms with van der Waals surface area (Å²) < 4.78 is 7.63. The fourth-order valence-corrected chi connectivity index (χ4v) is 3.10. The molecule has 3 rings (SSSR count). The number of carbonyl (C=O) groups excluding carboxylic acids is 1. The number of hydrogen-bond acceptors (Lipinski definition) is 4. The van der Waals surface area contributed by atoms with Crippen molar-refractivity contribution in [2.75, 3.05) is 17.7 Å². The van der Waals surface area contributed by atoms with E-state index in [0.717, 1.165) is 38.4 Å². The fourth-order valence-electron chi connectivity index (χ4n) is 2.69. The van der Waals surface area contributed by atoms with Crippen molar-refractivity contribution < 1.29 is 9.53 Å². The number of fused-ring (bicyclic) bond motifs is 1. The number of pyridine rings is 1. The molecule has 2 heterocycles. The third-order valence-corrected chi connectivity index (χ3v) is 4.62. The second-order valence-corrected chi connectivity index (χ2v) is 6.53. The molecule has 3 aromatic rings. The number of rotatable bonds is 4. The number of ether oxygens (including phenoxy) is 1. The normalized spacial score (nSPS) is 10.7. The van der Waals surface area contributed by atoms with Crippen LogP contribution in [0.2, 0.25) is 0 Å². The Balaban J connectivity index is 1.90. The standard InChI is InChI=1S/C18H19BrN4O2/c1-11-5-4-6-14(22-18(24)25-3)13(11)9-20-15-7-8-16(19)23-10-12(2)21-17(15)23/h4-8,10,20H,9H2,1-3H3,(H,22,24). The second-order valence-electron chi connectivity index (χ2n) is 5.72. The molecule has 0 saturated carbocycles. The lowest BCUT2D eigenvalue weighted by Gasteiger charge is -2.15. The van der Waals surface area contributed by atoms with Gasteiger partial charge in [-0.05, 0) is 59.1 Å². The maximum atomic E-state index is 11.6. The Labute approximate surface area is 154 Å². The maximum absolute atomic E-state index is 11.6. The van der Waals surface area contributed by atoms with E-state index < -0.39 is 6.09 Å². The first-order chi connectivity index (χ1) is 12.0. The number of nitrogens with one attached hydrogen (secondary N) is 2. The summed E-state index contributed by atoms with van der Waals surface area (Å²) in [5, 5.41) is 6.18. The Hall–Kier alpha value is -2.54. The van der Waals surface area contributed by atoms with Crippen LogP contribution in [0, 0.1) is 13.8 Å². The van der Waals surface area contributed by atoms with Gasteiger partial charge in [-0.15, -0.1) is 0 Å². The molecule has 6 nitrogen and oxygen atoms in total. The lowest BCUT2D eigenvalue weighted by molar-refractivity contribution is 0.187. The van der Waals surface area contributed by atoms with Crippen molar-refractivity contribution in [3.8, 4) is 0 Å². The zero-order valence-electron chi connectivity index (χ0n) is 14.3. The van der Waals surface area contributed by atoms with Crippen LogP contribution in [0.1, 0.15) is 16.8 Å². The summed E-state index contributed by atoms with van der Waals surface area (Å²) in [6.07, 6.45) is 1.49. The smallest absolute Gasteiger partial charge is 0.411 e. The first-order valence-corrected chi connectivity index (χ1v) is 8.60. The van der Waals surface area contributed by atoms with Crippen molar-refractivity contribution in [1.82, 2.24) is 9.38 Å². The SMILES string of the molecule is COC(=O)Nc1cccc(C)c1CNc1ccc(Br)n2cc(C)nc12.